The molecule has 0 bridgehead atoms. The number of likely N-dealkylation sites (N-methyl/N-ethyl adjacent to an activating group) is 1. The van der Waals surface area contributed by atoms with Crippen LogP contribution in [-0.2, 0) is 9.47 Å². The van der Waals surface area contributed by atoms with Gasteiger partial charge in [-0.2, -0.15) is 0 Å². The van der Waals surface area contributed by atoms with E-state index in [4.69, 9.17) is 9.47 Å². The molecule has 1 atom stereocenters. The minimum Gasteiger partial charge on any atom is -0.353 e. The second kappa shape index (κ2) is 10.4. The molecule has 1 saturated heterocycles. The van der Waals surface area contributed by atoms with Crippen molar-refractivity contribution in [3.8, 4) is 0 Å². The van der Waals surface area contributed by atoms with E-state index in [1.807, 2.05) is 13.8 Å². The van der Waals surface area contributed by atoms with Crippen molar-refractivity contribution in [2.45, 2.75) is 52.2 Å². The van der Waals surface area contributed by atoms with Gasteiger partial charge in [0.1, 0.15) is 0 Å². The number of rotatable bonds is 11. The number of fused-ring (bicyclic) bond motifs is 1. The summed E-state index contributed by atoms with van der Waals surface area (Å²) in [7, 11) is 0. The zero-order chi connectivity index (χ0) is 19.1. The van der Waals surface area contributed by atoms with Crippen molar-refractivity contribution >= 4 is 6.08 Å². The fourth-order valence-electron chi connectivity index (χ4n) is 4.40. The standard InChI is InChI=1S/C23H36N2O2/c1-4-24-14-15-25(18-24)13-9-12-22-20(17-23(26-5-2)27-6-3)16-19-10-7-8-11-21(19)22/h7-8,10-11,16,22-23H,4-6,9,12-15,17-18H2,1-3H3. The Labute approximate surface area is 165 Å². The third-order valence-electron chi connectivity index (χ3n) is 5.81. The van der Waals surface area contributed by atoms with Gasteiger partial charge in [0.25, 0.3) is 0 Å². The number of nitrogens with zero attached hydrogens (tertiary/aromatic N) is 2. The maximum absolute atomic E-state index is 5.82. The molecule has 4 heteroatoms. The summed E-state index contributed by atoms with van der Waals surface area (Å²) in [5.74, 6) is 0.509. The van der Waals surface area contributed by atoms with E-state index in [0.29, 0.717) is 19.1 Å². The molecular weight excluding hydrogens is 336 g/mol. The Bertz CT molecular complexity index is 610. The largest absolute Gasteiger partial charge is 0.353 e. The van der Waals surface area contributed by atoms with Crippen LogP contribution in [0.25, 0.3) is 6.08 Å². The van der Waals surface area contributed by atoms with E-state index in [1.165, 1.54) is 49.2 Å². The van der Waals surface area contributed by atoms with Crippen LogP contribution < -0.4 is 0 Å². The molecule has 0 radical (unpaired) electrons. The molecule has 0 N–H and O–H groups in total. The van der Waals surface area contributed by atoms with Gasteiger partial charge in [-0.1, -0.05) is 42.8 Å². The Hall–Kier alpha value is -1.20. The van der Waals surface area contributed by atoms with Crippen molar-refractivity contribution < 1.29 is 9.47 Å². The van der Waals surface area contributed by atoms with E-state index in [2.05, 4.69) is 47.1 Å². The maximum Gasteiger partial charge on any atom is 0.161 e. The first kappa shape index (κ1) is 20.5. The van der Waals surface area contributed by atoms with Crippen LogP contribution in [0.15, 0.2) is 29.8 Å². The van der Waals surface area contributed by atoms with E-state index in [1.54, 1.807) is 0 Å². The Balaban J connectivity index is 1.60. The third kappa shape index (κ3) is 5.41. The van der Waals surface area contributed by atoms with Crippen molar-refractivity contribution in [1.29, 1.82) is 0 Å². The monoisotopic (exact) mass is 372 g/mol. The lowest BCUT2D eigenvalue weighted by Gasteiger charge is -2.23. The van der Waals surface area contributed by atoms with Crippen LogP contribution in [0.1, 0.15) is 57.1 Å². The summed E-state index contributed by atoms with van der Waals surface area (Å²) >= 11 is 0. The topological polar surface area (TPSA) is 24.9 Å². The summed E-state index contributed by atoms with van der Waals surface area (Å²) in [5.41, 5.74) is 4.33. The van der Waals surface area contributed by atoms with Crippen molar-refractivity contribution in [1.82, 2.24) is 9.80 Å². The van der Waals surface area contributed by atoms with Crippen LogP contribution in [0, 0.1) is 0 Å². The molecule has 1 heterocycles. The van der Waals surface area contributed by atoms with Gasteiger partial charge in [-0.05, 0) is 50.9 Å². The summed E-state index contributed by atoms with van der Waals surface area (Å²) < 4.78 is 11.6. The molecule has 2 aliphatic rings. The normalized spacial score (nSPS) is 20.4. The summed E-state index contributed by atoms with van der Waals surface area (Å²) in [4.78, 5) is 5.11. The van der Waals surface area contributed by atoms with Crippen LogP contribution in [-0.4, -0.2) is 62.2 Å². The van der Waals surface area contributed by atoms with Gasteiger partial charge in [0.15, 0.2) is 6.29 Å². The van der Waals surface area contributed by atoms with Gasteiger partial charge >= 0.3 is 0 Å². The Morgan fingerprint density at radius 2 is 1.78 bits per heavy atom. The zero-order valence-corrected chi connectivity index (χ0v) is 17.3. The van der Waals surface area contributed by atoms with Crippen LogP contribution >= 0.6 is 0 Å². The van der Waals surface area contributed by atoms with Gasteiger partial charge in [-0.3, -0.25) is 9.80 Å². The average molecular weight is 373 g/mol. The molecule has 1 unspecified atom stereocenters. The molecule has 4 nitrogen and oxygen atoms in total. The smallest absolute Gasteiger partial charge is 0.161 e. The Kier molecular flexibility index (Phi) is 7.89. The molecule has 0 saturated carbocycles. The minimum absolute atomic E-state index is 0.125. The van der Waals surface area contributed by atoms with Gasteiger partial charge < -0.3 is 9.47 Å². The highest BCUT2D eigenvalue weighted by molar-refractivity contribution is 5.66. The van der Waals surface area contributed by atoms with Gasteiger partial charge in [0.05, 0.1) is 6.67 Å². The Morgan fingerprint density at radius 1 is 1.04 bits per heavy atom. The lowest BCUT2D eigenvalue weighted by Crippen LogP contribution is -2.26. The Morgan fingerprint density at radius 3 is 2.48 bits per heavy atom. The first-order chi connectivity index (χ1) is 13.2. The zero-order valence-electron chi connectivity index (χ0n) is 17.3. The van der Waals surface area contributed by atoms with E-state index in [0.717, 1.165) is 19.6 Å². The minimum atomic E-state index is -0.125. The molecule has 3 rings (SSSR count). The quantitative estimate of drug-likeness (QED) is 0.540. The number of hydrogen-bond donors (Lipinski definition) is 0. The SMILES string of the molecule is CCOC(CC1=Cc2ccccc2C1CCCN1CCN(CC)C1)OCC. The average Bonchev–Trinajstić information content (AvgIpc) is 3.27. The van der Waals surface area contributed by atoms with E-state index >= 15 is 0 Å². The van der Waals surface area contributed by atoms with Crippen molar-refractivity contribution in [3.05, 3.63) is 41.0 Å². The molecule has 1 aliphatic carbocycles. The van der Waals surface area contributed by atoms with Crippen LogP contribution in [0.2, 0.25) is 0 Å². The van der Waals surface area contributed by atoms with Crippen LogP contribution in [0.4, 0.5) is 0 Å². The van der Waals surface area contributed by atoms with Crippen LogP contribution in [0.5, 0.6) is 0 Å². The maximum atomic E-state index is 5.82. The highest BCUT2D eigenvalue weighted by Crippen LogP contribution is 2.41. The van der Waals surface area contributed by atoms with Crippen molar-refractivity contribution in [2.75, 3.05) is 46.1 Å². The van der Waals surface area contributed by atoms with E-state index < -0.39 is 0 Å². The fourth-order valence-corrected chi connectivity index (χ4v) is 4.40. The molecule has 27 heavy (non-hydrogen) atoms. The van der Waals surface area contributed by atoms with Crippen LogP contribution in [0.3, 0.4) is 0 Å². The van der Waals surface area contributed by atoms with Gasteiger partial charge in [-0.15, -0.1) is 0 Å². The third-order valence-corrected chi connectivity index (χ3v) is 5.81. The number of benzene rings is 1. The highest BCUT2D eigenvalue weighted by Gasteiger charge is 2.27. The first-order valence-electron chi connectivity index (χ1n) is 10.7. The number of ether oxygens (including phenoxy) is 2. The summed E-state index contributed by atoms with van der Waals surface area (Å²) in [6, 6.07) is 8.85. The predicted octanol–water partition coefficient (Wildman–Crippen LogP) is 4.33. The van der Waals surface area contributed by atoms with Crippen molar-refractivity contribution in [3.63, 3.8) is 0 Å². The molecule has 0 spiro atoms. The van der Waals surface area contributed by atoms with E-state index in [9.17, 15) is 0 Å². The second-order valence-electron chi connectivity index (χ2n) is 7.56. The molecule has 150 valence electrons. The predicted molar refractivity (Wildman–Crippen MR) is 112 cm³/mol. The summed E-state index contributed by atoms with van der Waals surface area (Å²) in [5, 5.41) is 0. The molecule has 0 aromatic heterocycles. The van der Waals surface area contributed by atoms with Gasteiger partial charge in [-0.25, -0.2) is 0 Å². The molecule has 1 aromatic carbocycles. The highest BCUT2D eigenvalue weighted by atomic mass is 16.7. The first-order valence-corrected chi connectivity index (χ1v) is 10.7. The van der Waals surface area contributed by atoms with Gasteiger partial charge in [0.2, 0.25) is 0 Å². The fraction of sp³-hybridized carbons (Fsp3) is 0.652. The summed E-state index contributed by atoms with van der Waals surface area (Å²) in [6.07, 6.45) is 5.56. The van der Waals surface area contributed by atoms with E-state index in [-0.39, 0.29) is 6.29 Å². The molecule has 0 amide bonds. The van der Waals surface area contributed by atoms with Crippen molar-refractivity contribution in [2.24, 2.45) is 0 Å². The lowest BCUT2D eigenvalue weighted by atomic mass is 9.89. The number of hydrogen-bond acceptors (Lipinski definition) is 4. The molecule has 1 fully saturated rings. The molecular formula is C23H36N2O2. The summed E-state index contributed by atoms with van der Waals surface area (Å²) in [6.45, 7) is 13.6. The lowest BCUT2D eigenvalue weighted by molar-refractivity contribution is -0.134. The second-order valence-corrected chi connectivity index (χ2v) is 7.56. The molecule has 1 aromatic rings. The molecule has 1 aliphatic heterocycles. The van der Waals surface area contributed by atoms with Gasteiger partial charge in [0, 0.05) is 38.6 Å².